The first-order valence-corrected chi connectivity index (χ1v) is 18.0. The van der Waals surface area contributed by atoms with Crippen molar-refractivity contribution in [3.05, 3.63) is 87.6 Å². The Bertz CT molecular complexity index is 2310. The zero-order valence-corrected chi connectivity index (χ0v) is 26.7. The third-order valence-electron chi connectivity index (χ3n) is 8.37. The number of methoxy groups -OCH3 is 4. The predicted octanol–water partition coefficient (Wildman–Crippen LogP) is 7.78. The predicted molar refractivity (Wildman–Crippen MR) is 183 cm³/mol. The van der Waals surface area contributed by atoms with E-state index in [1.165, 1.54) is 47.5 Å². The highest BCUT2D eigenvalue weighted by atomic mass is 32.4. The van der Waals surface area contributed by atoms with Crippen LogP contribution in [0.2, 0.25) is 0 Å². The summed E-state index contributed by atoms with van der Waals surface area (Å²) in [5, 5.41) is 20.1. The summed E-state index contributed by atoms with van der Waals surface area (Å²) >= 11 is 10.7. The first kappa shape index (κ1) is 26.1. The molecule has 5 aromatic carbocycles. The van der Waals surface area contributed by atoms with Crippen molar-refractivity contribution in [2.45, 2.75) is 0 Å². The number of ether oxygens (including phenoxy) is 4. The van der Waals surface area contributed by atoms with E-state index in [-0.39, 0.29) is 0 Å². The molecule has 0 bridgehead atoms. The molecule has 0 saturated heterocycles. The topological polar surface area (TPSA) is 36.9 Å². The largest absolute Gasteiger partial charge is 0.497 e. The lowest BCUT2D eigenvalue weighted by Gasteiger charge is -2.26. The summed E-state index contributed by atoms with van der Waals surface area (Å²) in [5.41, 5.74) is 1.02. The molecule has 7 aromatic rings. The fraction of sp³-hybridized carbons (Fsp3) is 0.118. The Morgan fingerprint density at radius 3 is 2.02 bits per heavy atom. The molecule has 1 aliphatic rings. The van der Waals surface area contributed by atoms with Crippen LogP contribution in [0.25, 0.3) is 47.7 Å². The summed E-state index contributed by atoms with van der Waals surface area (Å²) in [6, 6.07) is 18.2. The van der Waals surface area contributed by atoms with Crippen LogP contribution in [0.4, 0.5) is 0 Å². The molecule has 1 atom stereocenters. The molecule has 0 radical (unpaired) electrons. The number of thiophene rings is 2. The molecular weight excluding hydrogens is 600 g/mol. The Morgan fingerprint density at radius 2 is 1.33 bits per heavy atom. The molecule has 0 amide bonds. The number of fused-ring (bicyclic) bond motifs is 6. The molecule has 3 heterocycles. The summed E-state index contributed by atoms with van der Waals surface area (Å²) in [6.07, 6.45) is 0. The van der Waals surface area contributed by atoms with Crippen LogP contribution >= 0.6 is 28.7 Å². The lowest BCUT2D eigenvalue weighted by molar-refractivity contribution is 0.394. The minimum atomic E-state index is -2.66. The van der Waals surface area contributed by atoms with Gasteiger partial charge in [-0.15, -0.1) is 11.3 Å². The lowest BCUT2D eigenvalue weighted by atomic mass is 9.95. The van der Waals surface area contributed by atoms with E-state index in [0.717, 1.165) is 44.6 Å². The van der Waals surface area contributed by atoms with Gasteiger partial charge in [0, 0.05) is 76.4 Å². The summed E-state index contributed by atoms with van der Waals surface area (Å²) in [6.45, 7) is 0. The average Bonchev–Trinajstić information content (AvgIpc) is 3.75. The molecular formula is C34H25O4PS3. The van der Waals surface area contributed by atoms with Crippen molar-refractivity contribution >= 4 is 98.8 Å². The molecule has 0 fully saturated rings. The van der Waals surface area contributed by atoms with E-state index in [2.05, 4.69) is 64.7 Å². The highest BCUT2D eigenvalue weighted by Gasteiger charge is 2.40. The molecule has 0 spiro atoms. The molecule has 0 aliphatic carbocycles. The van der Waals surface area contributed by atoms with Crippen molar-refractivity contribution < 1.29 is 18.9 Å². The Balaban J connectivity index is 1.73. The van der Waals surface area contributed by atoms with E-state index in [4.69, 9.17) is 30.8 Å². The van der Waals surface area contributed by atoms with E-state index in [1.807, 2.05) is 12.1 Å². The molecule has 0 N–H and O–H groups in total. The molecule has 2 aromatic heterocycles. The standard InChI is InChI=1S/C34H25O4PS3/c1-35-19-10-18(11-20(12-19)36-2)32-29-25-16-41-15-24(25)26-17-42-34-28-23(13-21(37-3)14-27(28)38-4)33(31(29)30(26)34)39(32,40)22-8-6-5-7-9-22/h5-17H,1-4H3/t39-/m1/s1. The van der Waals surface area contributed by atoms with Crippen LogP contribution in [0.15, 0.2) is 76.8 Å². The second kappa shape index (κ2) is 9.45. The SMILES string of the molecule is COc1cc(OC)cc(C2=c3c4cscc4c4csc5c6c(OC)cc(OC)cc6c(c3c45)[P@@]2(=S)c2ccccc2)c1. The molecule has 1 aliphatic heterocycles. The average molecular weight is 625 g/mol. The van der Waals surface area contributed by atoms with Crippen LogP contribution in [0.5, 0.6) is 23.0 Å². The van der Waals surface area contributed by atoms with Gasteiger partial charge in [-0.1, -0.05) is 42.1 Å². The minimum Gasteiger partial charge on any atom is -0.497 e. The highest BCUT2D eigenvalue weighted by Crippen LogP contribution is 2.63. The fourth-order valence-corrected chi connectivity index (χ4v) is 13.5. The smallest absolute Gasteiger partial charge is 0.131 e. The van der Waals surface area contributed by atoms with Crippen LogP contribution in [0.3, 0.4) is 0 Å². The van der Waals surface area contributed by atoms with E-state index < -0.39 is 6.04 Å². The van der Waals surface area contributed by atoms with Gasteiger partial charge in [-0.3, -0.25) is 0 Å². The molecule has 0 saturated carbocycles. The number of rotatable bonds is 6. The molecule has 8 heteroatoms. The van der Waals surface area contributed by atoms with E-state index in [0.29, 0.717) is 0 Å². The maximum absolute atomic E-state index is 7.14. The Hall–Kier alpha value is -3.61. The second-order valence-electron chi connectivity index (χ2n) is 10.3. The highest BCUT2D eigenvalue weighted by molar-refractivity contribution is 8.27. The third-order valence-corrected chi connectivity index (χ3v) is 15.1. The first-order valence-electron chi connectivity index (χ1n) is 13.4. The van der Waals surface area contributed by atoms with Gasteiger partial charge in [0.2, 0.25) is 0 Å². The summed E-state index contributed by atoms with van der Waals surface area (Å²) in [7, 11) is 6.82. The van der Waals surface area contributed by atoms with E-state index in [9.17, 15) is 0 Å². The van der Waals surface area contributed by atoms with Gasteiger partial charge >= 0.3 is 0 Å². The zero-order chi connectivity index (χ0) is 28.7. The second-order valence-corrected chi connectivity index (χ2v) is 16.2. The van der Waals surface area contributed by atoms with Gasteiger partial charge in [0.05, 0.1) is 28.4 Å². The molecule has 0 unspecified atom stereocenters. The van der Waals surface area contributed by atoms with Gasteiger partial charge in [-0.2, -0.15) is 11.3 Å². The summed E-state index contributed by atoms with van der Waals surface area (Å²) < 4.78 is 24.7. The van der Waals surface area contributed by atoms with Crippen LogP contribution < -0.4 is 34.8 Å². The van der Waals surface area contributed by atoms with Gasteiger partial charge < -0.3 is 18.9 Å². The van der Waals surface area contributed by atoms with Gasteiger partial charge in [-0.25, -0.2) is 0 Å². The van der Waals surface area contributed by atoms with Crippen LogP contribution in [-0.2, 0) is 11.8 Å². The Morgan fingerprint density at radius 1 is 0.643 bits per heavy atom. The molecule has 8 rings (SSSR count). The van der Waals surface area contributed by atoms with Crippen LogP contribution in [0.1, 0.15) is 5.56 Å². The Labute approximate surface area is 255 Å². The fourth-order valence-electron chi connectivity index (χ4n) is 6.62. The lowest BCUT2D eigenvalue weighted by Crippen LogP contribution is -2.16. The Kier molecular flexibility index (Phi) is 5.86. The van der Waals surface area contributed by atoms with Crippen LogP contribution in [0, 0.1) is 0 Å². The molecule has 42 heavy (non-hydrogen) atoms. The van der Waals surface area contributed by atoms with Gasteiger partial charge in [-0.05, 0) is 45.2 Å². The summed E-state index contributed by atoms with van der Waals surface area (Å²) in [5.74, 6) is 3.01. The summed E-state index contributed by atoms with van der Waals surface area (Å²) in [4.78, 5) is 0. The van der Waals surface area contributed by atoms with Crippen molar-refractivity contribution in [3.8, 4) is 23.0 Å². The van der Waals surface area contributed by atoms with E-state index >= 15 is 0 Å². The maximum atomic E-state index is 7.14. The van der Waals surface area contributed by atoms with Gasteiger partial charge in [0.1, 0.15) is 23.0 Å². The number of hydrogen-bond acceptors (Lipinski definition) is 7. The quantitative estimate of drug-likeness (QED) is 0.140. The minimum absolute atomic E-state index is 0.735. The third kappa shape index (κ3) is 3.31. The van der Waals surface area contributed by atoms with Gasteiger partial charge in [0.25, 0.3) is 0 Å². The van der Waals surface area contributed by atoms with Crippen molar-refractivity contribution in [2.75, 3.05) is 28.4 Å². The molecule has 4 nitrogen and oxygen atoms in total. The maximum Gasteiger partial charge on any atom is 0.131 e. The van der Waals surface area contributed by atoms with Crippen LogP contribution in [-0.4, -0.2) is 28.4 Å². The normalized spacial score (nSPS) is 16.2. The number of hydrogen-bond donors (Lipinski definition) is 0. The number of benzene rings is 5. The molecule has 208 valence electrons. The monoisotopic (exact) mass is 624 g/mol. The van der Waals surface area contributed by atoms with E-state index in [1.54, 1.807) is 51.1 Å². The zero-order valence-electron chi connectivity index (χ0n) is 23.3. The first-order chi connectivity index (χ1) is 20.5. The van der Waals surface area contributed by atoms with Crippen molar-refractivity contribution in [1.82, 2.24) is 0 Å². The van der Waals surface area contributed by atoms with Crippen molar-refractivity contribution in [2.24, 2.45) is 0 Å². The van der Waals surface area contributed by atoms with Crippen molar-refractivity contribution in [1.29, 1.82) is 0 Å². The van der Waals surface area contributed by atoms with Gasteiger partial charge in [0.15, 0.2) is 0 Å². The van der Waals surface area contributed by atoms with Crippen molar-refractivity contribution in [3.63, 3.8) is 0 Å².